The van der Waals surface area contributed by atoms with Gasteiger partial charge in [-0.3, -0.25) is 4.79 Å². The predicted octanol–water partition coefficient (Wildman–Crippen LogP) is 2.30. The van der Waals surface area contributed by atoms with Crippen LogP contribution in [0.25, 0.3) is 0 Å². The Morgan fingerprint density at radius 2 is 1.87 bits per heavy atom. The maximum atomic E-state index is 12.2. The van der Waals surface area contributed by atoms with Gasteiger partial charge in [0.15, 0.2) is 0 Å². The van der Waals surface area contributed by atoms with Crippen LogP contribution in [0.5, 0.6) is 5.75 Å². The normalized spacial score (nSPS) is 10.2. The van der Waals surface area contributed by atoms with Gasteiger partial charge in [0, 0.05) is 30.5 Å². The van der Waals surface area contributed by atoms with Crippen molar-refractivity contribution in [2.24, 2.45) is 0 Å². The molecule has 0 atom stereocenters. The highest BCUT2D eigenvalue weighted by molar-refractivity contribution is 5.92. The number of aliphatic hydroxyl groups is 1. The number of nitrogens with one attached hydrogen (secondary N) is 1. The second-order valence-electron chi connectivity index (χ2n) is 5.23. The maximum Gasteiger partial charge on any atom is 0.228 e. The number of ether oxygens (including phenoxy) is 1. The SMILES string of the molecule is COc1ccccc1CC(=O)Nc1ccc(N(C)CCO)cc1. The van der Waals surface area contributed by atoms with Crippen molar-refractivity contribution in [1.82, 2.24) is 0 Å². The molecule has 0 aliphatic carbocycles. The average molecular weight is 314 g/mol. The average Bonchev–Trinajstić information content (AvgIpc) is 2.56. The highest BCUT2D eigenvalue weighted by Gasteiger charge is 2.09. The first kappa shape index (κ1) is 16.8. The Hall–Kier alpha value is -2.53. The number of para-hydroxylation sites is 1. The molecule has 0 bridgehead atoms. The summed E-state index contributed by atoms with van der Waals surface area (Å²) < 4.78 is 5.26. The molecular formula is C18H22N2O3. The van der Waals surface area contributed by atoms with Crippen LogP contribution in [0.15, 0.2) is 48.5 Å². The van der Waals surface area contributed by atoms with Gasteiger partial charge in [0.2, 0.25) is 5.91 Å². The Balaban J connectivity index is 1.97. The zero-order valence-electron chi connectivity index (χ0n) is 13.5. The molecule has 0 fully saturated rings. The van der Waals surface area contributed by atoms with Crippen molar-refractivity contribution in [2.75, 3.05) is 37.5 Å². The highest BCUT2D eigenvalue weighted by atomic mass is 16.5. The molecule has 2 aromatic rings. The van der Waals surface area contributed by atoms with Gasteiger partial charge in [0.1, 0.15) is 5.75 Å². The molecule has 0 radical (unpaired) electrons. The standard InChI is InChI=1S/C18H22N2O3/c1-20(11-12-21)16-9-7-15(8-10-16)19-18(22)13-14-5-3-4-6-17(14)23-2/h3-10,21H,11-13H2,1-2H3,(H,19,22). The summed E-state index contributed by atoms with van der Waals surface area (Å²) in [4.78, 5) is 14.1. The van der Waals surface area contributed by atoms with E-state index in [0.717, 1.165) is 16.9 Å². The molecule has 0 aliphatic rings. The largest absolute Gasteiger partial charge is 0.496 e. The zero-order chi connectivity index (χ0) is 16.7. The minimum Gasteiger partial charge on any atom is -0.496 e. The van der Waals surface area contributed by atoms with Crippen LogP contribution in [-0.2, 0) is 11.2 Å². The Bertz CT molecular complexity index is 641. The first-order valence-electron chi connectivity index (χ1n) is 7.48. The van der Waals surface area contributed by atoms with E-state index in [2.05, 4.69) is 5.32 Å². The molecule has 1 amide bonds. The molecule has 2 aromatic carbocycles. The number of carbonyl (C=O) groups is 1. The molecular weight excluding hydrogens is 292 g/mol. The number of rotatable bonds is 7. The summed E-state index contributed by atoms with van der Waals surface area (Å²) in [5.41, 5.74) is 2.58. The topological polar surface area (TPSA) is 61.8 Å². The molecule has 0 unspecified atom stereocenters. The van der Waals surface area contributed by atoms with E-state index in [1.807, 2.05) is 60.5 Å². The molecule has 2 N–H and O–H groups in total. The van der Waals surface area contributed by atoms with Gasteiger partial charge in [-0.1, -0.05) is 18.2 Å². The summed E-state index contributed by atoms with van der Waals surface area (Å²) in [7, 11) is 3.50. The number of nitrogens with zero attached hydrogens (tertiary/aromatic N) is 1. The van der Waals surface area contributed by atoms with E-state index in [1.165, 1.54) is 0 Å². The summed E-state index contributed by atoms with van der Waals surface area (Å²) in [6.45, 7) is 0.674. The Morgan fingerprint density at radius 3 is 2.52 bits per heavy atom. The lowest BCUT2D eigenvalue weighted by atomic mass is 10.1. The number of likely N-dealkylation sites (N-methyl/N-ethyl adjacent to an activating group) is 1. The molecule has 0 aromatic heterocycles. The number of benzene rings is 2. The van der Waals surface area contributed by atoms with Gasteiger partial charge < -0.3 is 20.1 Å². The van der Waals surface area contributed by atoms with Crippen molar-refractivity contribution in [3.63, 3.8) is 0 Å². The van der Waals surface area contributed by atoms with Crippen molar-refractivity contribution < 1.29 is 14.6 Å². The van der Waals surface area contributed by atoms with Crippen LogP contribution in [0.4, 0.5) is 11.4 Å². The van der Waals surface area contributed by atoms with Crippen molar-refractivity contribution in [3.8, 4) is 5.75 Å². The van der Waals surface area contributed by atoms with Crippen LogP contribution in [0, 0.1) is 0 Å². The van der Waals surface area contributed by atoms with E-state index in [4.69, 9.17) is 9.84 Å². The summed E-state index contributed by atoms with van der Waals surface area (Å²) in [6.07, 6.45) is 0.260. The second-order valence-corrected chi connectivity index (χ2v) is 5.23. The van der Waals surface area contributed by atoms with Crippen molar-refractivity contribution in [2.45, 2.75) is 6.42 Å². The van der Waals surface area contributed by atoms with Crippen LogP contribution >= 0.6 is 0 Å². The fourth-order valence-electron chi connectivity index (χ4n) is 2.31. The molecule has 122 valence electrons. The van der Waals surface area contributed by atoms with Gasteiger partial charge >= 0.3 is 0 Å². The smallest absolute Gasteiger partial charge is 0.228 e. The number of methoxy groups -OCH3 is 1. The van der Waals surface area contributed by atoms with Gasteiger partial charge in [-0.15, -0.1) is 0 Å². The minimum atomic E-state index is -0.0917. The molecule has 2 rings (SSSR count). The van der Waals surface area contributed by atoms with E-state index in [0.29, 0.717) is 12.3 Å². The zero-order valence-corrected chi connectivity index (χ0v) is 13.5. The van der Waals surface area contributed by atoms with Crippen molar-refractivity contribution >= 4 is 17.3 Å². The summed E-state index contributed by atoms with van der Waals surface area (Å²) in [5, 5.41) is 11.8. The highest BCUT2D eigenvalue weighted by Crippen LogP contribution is 2.20. The predicted molar refractivity (Wildman–Crippen MR) is 92.1 cm³/mol. The van der Waals surface area contributed by atoms with Gasteiger partial charge in [-0.2, -0.15) is 0 Å². The summed E-state index contributed by atoms with van der Waals surface area (Å²) in [6, 6.07) is 15.0. The molecule has 5 heteroatoms. The van der Waals surface area contributed by atoms with E-state index in [-0.39, 0.29) is 18.9 Å². The number of anilines is 2. The van der Waals surface area contributed by atoms with E-state index >= 15 is 0 Å². The first-order valence-corrected chi connectivity index (χ1v) is 7.48. The van der Waals surface area contributed by atoms with Gasteiger partial charge in [-0.25, -0.2) is 0 Å². The third-order valence-electron chi connectivity index (χ3n) is 3.57. The molecule has 0 aliphatic heterocycles. The van der Waals surface area contributed by atoms with E-state index in [9.17, 15) is 4.79 Å². The first-order chi connectivity index (χ1) is 11.1. The van der Waals surface area contributed by atoms with E-state index in [1.54, 1.807) is 7.11 Å². The lowest BCUT2D eigenvalue weighted by Gasteiger charge is -2.18. The molecule has 0 heterocycles. The van der Waals surface area contributed by atoms with Crippen LogP contribution < -0.4 is 15.0 Å². The number of aliphatic hydroxyl groups excluding tert-OH is 1. The van der Waals surface area contributed by atoms with Crippen LogP contribution in [0.1, 0.15) is 5.56 Å². The quantitative estimate of drug-likeness (QED) is 0.823. The number of hydrogen-bond donors (Lipinski definition) is 2. The molecule has 5 nitrogen and oxygen atoms in total. The molecule has 0 saturated heterocycles. The van der Waals surface area contributed by atoms with Crippen molar-refractivity contribution in [3.05, 3.63) is 54.1 Å². The Labute approximate surface area is 136 Å². The lowest BCUT2D eigenvalue weighted by molar-refractivity contribution is -0.115. The molecule has 23 heavy (non-hydrogen) atoms. The number of hydrogen-bond acceptors (Lipinski definition) is 4. The third-order valence-corrected chi connectivity index (χ3v) is 3.57. The van der Waals surface area contributed by atoms with E-state index < -0.39 is 0 Å². The Morgan fingerprint density at radius 1 is 1.17 bits per heavy atom. The van der Waals surface area contributed by atoms with Gasteiger partial charge in [0.05, 0.1) is 20.1 Å². The van der Waals surface area contributed by atoms with Crippen LogP contribution in [0.2, 0.25) is 0 Å². The number of carbonyl (C=O) groups excluding carboxylic acids is 1. The van der Waals surface area contributed by atoms with Crippen LogP contribution in [-0.4, -0.2) is 38.3 Å². The second kappa shape index (κ2) is 8.19. The fourth-order valence-corrected chi connectivity index (χ4v) is 2.31. The van der Waals surface area contributed by atoms with Gasteiger partial charge in [-0.05, 0) is 30.3 Å². The molecule has 0 saturated carbocycles. The molecule has 0 spiro atoms. The number of amides is 1. The van der Waals surface area contributed by atoms with Gasteiger partial charge in [0.25, 0.3) is 0 Å². The lowest BCUT2D eigenvalue weighted by Crippen LogP contribution is -2.21. The van der Waals surface area contributed by atoms with Crippen molar-refractivity contribution in [1.29, 1.82) is 0 Å². The Kier molecular flexibility index (Phi) is 6.00. The summed E-state index contributed by atoms with van der Waals surface area (Å²) in [5.74, 6) is 0.620. The fraction of sp³-hybridized carbons (Fsp3) is 0.278. The monoisotopic (exact) mass is 314 g/mol. The minimum absolute atomic E-state index is 0.0917. The van der Waals surface area contributed by atoms with Crippen LogP contribution in [0.3, 0.4) is 0 Å². The maximum absolute atomic E-state index is 12.2. The third kappa shape index (κ3) is 4.72. The summed E-state index contributed by atoms with van der Waals surface area (Å²) >= 11 is 0.